The minimum absolute atomic E-state index is 0.0135. The van der Waals surface area contributed by atoms with Gasteiger partial charge in [0.2, 0.25) is 5.91 Å². The average Bonchev–Trinajstić information content (AvgIpc) is 2.33. The van der Waals surface area contributed by atoms with Gasteiger partial charge >= 0.3 is 0 Å². The molecule has 0 aliphatic carbocycles. The van der Waals surface area contributed by atoms with E-state index >= 15 is 0 Å². The molecule has 1 N–H and O–H groups in total. The maximum absolute atomic E-state index is 12.8. The number of amides is 2. The minimum Gasteiger partial charge on any atom is -0.340 e. The van der Waals surface area contributed by atoms with Crippen LogP contribution < -0.4 is 10.2 Å². The maximum Gasteiger partial charge on any atom is 0.252 e. The van der Waals surface area contributed by atoms with Gasteiger partial charge in [-0.1, -0.05) is 25.4 Å². The van der Waals surface area contributed by atoms with Crippen molar-refractivity contribution in [3.8, 4) is 0 Å². The van der Waals surface area contributed by atoms with E-state index in [1.54, 1.807) is 30.9 Å². The van der Waals surface area contributed by atoms with Gasteiger partial charge in [-0.3, -0.25) is 14.5 Å². The van der Waals surface area contributed by atoms with Crippen LogP contribution in [0.15, 0.2) is 18.2 Å². The van der Waals surface area contributed by atoms with Crippen molar-refractivity contribution in [1.29, 1.82) is 0 Å². The van der Waals surface area contributed by atoms with Gasteiger partial charge in [0.25, 0.3) is 5.91 Å². The van der Waals surface area contributed by atoms with E-state index < -0.39 is 11.6 Å². The Morgan fingerprint density at radius 3 is 2.48 bits per heavy atom. The lowest BCUT2D eigenvalue weighted by Crippen LogP contribution is -2.69. The van der Waals surface area contributed by atoms with Crippen molar-refractivity contribution in [3.63, 3.8) is 0 Å². The molecule has 1 heterocycles. The van der Waals surface area contributed by atoms with Crippen molar-refractivity contribution in [2.75, 3.05) is 4.90 Å². The summed E-state index contributed by atoms with van der Waals surface area (Å²) < 4.78 is 0.982. The van der Waals surface area contributed by atoms with Crippen LogP contribution in [0.3, 0.4) is 0 Å². The fourth-order valence-electron chi connectivity index (χ4n) is 2.52. The Bertz CT molecular complexity index is 601. The molecular formula is C15H18ClIN2O2. The smallest absolute Gasteiger partial charge is 0.252 e. The van der Waals surface area contributed by atoms with Gasteiger partial charge in [0.05, 0.1) is 10.7 Å². The number of halogens is 2. The Labute approximate surface area is 143 Å². The summed E-state index contributed by atoms with van der Waals surface area (Å²) in [6, 6.07) is 4.92. The lowest BCUT2D eigenvalue weighted by atomic mass is 9.91. The number of nitrogens with zero attached hydrogens (tertiary/aromatic N) is 1. The highest BCUT2D eigenvalue weighted by atomic mass is 127. The molecule has 1 aromatic carbocycles. The Hall–Kier alpha value is -0.820. The van der Waals surface area contributed by atoms with Crippen LogP contribution in [0.2, 0.25) is 5.02 Å². The molecule has 1 atom stereocenters. The largest absolute Gasteiger partial charge is 0.340 e. The second kappa shape index (κ2) is 5.76. The fourth-order valence-corrected chi connectivity index (χ4v) is 3.46. The summed E-state index contributed by atoms with van der Waals surface area (Å²) in [5.41, 5.74) is -0.349. The van der Waals surface area contributed by atoms with Crippen LogP contribution in [-0.2, 0) is 9.59 Å². The normalized spacial score (nSPS) is 21.7. The van der Waals surface area contributed by atoms with Crippen molar-refractivity contribution in [3.05, 3.63) is 26.8 Å². The van der Waals surface area contributed by atoms with Gasteiger partial charge in [0.1, 0.15) is 11.6 Å². The molecule has 1 fully saturated rings. The molecule has 114 valence electrons. The zero-order chi connectivity index (χ0) is 15.9. The molecule has 1 unspecified atom stereocenters. The molecule has 0 aromatic heterocycles. The molecule has 21 heavy (non-hydrogen) atoms. The van der Waals surface area contributed by atoms with Gasteiger partial charge in [-0.2, -0.15) is 0 Å². The number of hydrogen-bond donors (Lipinski definition) is 1. The fraction of sp³-hybridized carbons (Fsp3) is 0.467. The number of rotatable bonds is 2. The maximum atomic E-state index is 12.8. The SMILES string of the molecule is CC(C)C1C(=O)NC(C)(C)C(=O)N1c1ccc(I)cc1Cl. The van der Waals surface area contributed by atoms with Crippen LogP contribution in [0.25, 0.3) is 0 Å². The Balaban J connectivity index is 2.58. The summed E-state index contributed by atoms with van der Waals surface area (Å²) >= 11 is 8.47. The standard InChI is InChI=1S/C15H18ClIN2O2/c1-8(2)12-13(20)18-15(3,4)14(21)19(12)11-6-5-9(17)7-10(11)16/h5-8,12H,1-4H3,(H,18,20). The average molecular weight is 421 g/mol. The summed E-state index contributed by atoms with van der Waals surface area (Å²) in [5.74, 6) is -0.312. The highest BCUT2D eigenvalue weighted by molar-refractivity contribution is 14.1. The van der Waals surface area contributed by atoms with Gasteiger partial charge in [0, 0.05) is 3.57 Å². The van der Waals surface area contributed by atoms with Gasteiger partial charge in [-0.15, -0.1) is 0 Å². The lowest BCUT2D eigenvalue weighted by Gasteiger charge is -2.44. The van der Waals surface area contributed by atoms with Crippen LogP contribution in [0.5, 0.6) is 0 Å². The van der Waals surface area contributed by atoms with Crippen LogP contribution in [0.4, 0.5) is 5.69 Å². The van der Waals surface area contributed by atoms with Gasteiger partial charge in [-0.25, -0.2) is 0 Å². The van der Waals surface area contributed by atoms with Gasteiger partial charge < -0.3 is 5.32 Å². The Morgan fingerprint density at radius 1 is 1.33 bits per heavy atom. The molecular weight excluding hydrogens is 403 g/mol. The van der Waals surface area contributed by atoms with Crippen molar-refractivity contribution < 1.29 is 9.59 Å². The molecule has 0 spiro atoms. The second-order valence-electron chi connectivity index (χ2n) is 6.07. The van der Waals surface area contributed by atoms with Crippen LogP contribution in [-0.4, -0.2) is 23.4 Å². The number of nitrogens with one attached hydrogen (secondary N) is 1. The second-order valence-corrected chi connectivity index (χ2v) is 7.73. The molecule has 1 aliphatic rings. The van der Waals surface area contributed by atoms with E-state index in [0.717, 1.165) is 3.57 Å². The van der Waals surface area contributed by atoms with Crippen LogP contribution >= 0.6 is 34.2 Å². The van der Waals surface area contributed by atoms with Gasteiger partial charge in [-0.05, 0) is 60.6 Å². The third-order valence-electron chi connectivity index (χ3n) is 3.54. The third kappa shape index (κ3) is 3.04. The summed E-state index contributed by atoms with van der Waals surface area (Å²) in [4.78, 5) is 26.7. The minimum atomic E-state index is -0.936. The number of carbonyl (C=O) groups excluding carboxylic acids is 2. The van der Waals surface area contributed by atoms with E-state index in [-0.39, 0.29) is 17.7 Å². The Morgan fingerprint density at radius 2 is 1.95 bits per heavy atom. The molecule has 0 saturated carbocycles. The van der Waals surface area contributed by atoms with E-state index in [1.165, 1.54) is 0 Å². The summed E-state index contributed by atoms with van der Waals surface area (Å²) in [6.07, 6.45) is 0. The van der Waals surface area contributed by atoms with Crippen molar-refractivity contribution in [1.82, 2.24) is 5.32 Å². The first-order valence-corrected chi connectivity index (χ1v) is 8.21. The third-order valence-corrected chi connectivity index (χ3v) is 4.51. The first-order chi connectivity index (χ1) is 9.65. The van der Waals surface area contributed by atoms with E-state index in [9.17, 15) is 9.59 Å². The van der Waals surface area contributed by atoms with Crippen molar-refractivity contribution in [2.24, 2.45) is 5.92 Å². The topological polar surface area (TPSA) is 49.4 Å². The molecule has 0 bridgehead atoms. The van der Waals surface area contributed by atoms with Gasteiger partial charge in [0.15, 0.2) is 0 Å². The molecule has 1 saturated heterocycles. The number of anilines is 1. The first kappa shape index (κ1) is 16.5. The van der Waals surface area contributed by atoms with E-state index in [0.29, 0.717) is 10.7 Å². The molecule has 2 amide bonds. The number of piperazine rings is 1. The molecule has 4 nitrogen and oxygen atoms in total. The predicted octanol–water partition coefficient (Wildman–Crippen LogP) is 3.21. The lowest BCUT2D eigenvalue weighted by molar-refractivity contribution is -0.138. The molecule has 6 heteroatoms. The zero-order valence-electron chi connectivity index (χ0n) is 12.4. The number of benzene rings is 1. The van der Waals surface area contributed by atoms with E-state index in [2.05, 4.69) is 27.9 Å². The van der Waals surface area contributed by atoms with Crippen LogP contribution in [0, 0.1) is 9.49 Å². The predicted molar refractivity (Wildman–Crippen MR) is 92.5 cm³/mol. The summed E-state index contributed by atoms with van der Waals surface area (Å²) in [6.45, 7) is 7.25. The highest BCUT2D eigenvalue weighted by Crippen LogP contribution is 2.34. The first-order valence-electron chi connectivity index (χ1n) is 6.76. The molecule has 1 aliphatic heterocycles. The Kier molecular flexibility index (Phi) is 4.54. The molecule has 2 rings (SSSR count). The number of carbonyl (C=O) groups is 2. The van der Waals surface area contributed by atoms with E-state index in [4.69, 9.17) is 11.6 Å². The summed E-state index contributed by atoms with van der Waals surface area (Å²) in [5, 5.41) is 3.27. The van der Waals surface area contributed by atoms with Crippen molar-refractivity contribution in [2.45, 2.75) is 39.3 Å². The quantitative estimate of drug-likeness (QED) is 0.747. The zero-order valence-corrected chi connectivity index (χ0v) is 15.3. The van der Waals surface area contributed by atoms with E-state index in [1.807, 2.05) is 19.9 Å². The molecule has 0 radical (unpaired) electrons. The summed E-state index contributed by atoms with van der Waals surface area (Å²) in [7, 11) is 0. The number of hydrogen-bond acceptors (Lipinski definition) is 2. The highest BCUT2D eigenvalue weighted by Gasteiger charge is 2.47. The van der Waals surface area contributed by atoms with Crippen molar-refractivity contribution >= 4 is 51.7 Å². The van der Waals surface area contributed by atoms with Crippen LogP contribution in [0.1, 0.15) is 27.7 Å². The monoisotopic (exact) mass is 420 g/mol. The molecule has 1 aromatic rings.